The van der Waals surface area contributed by atoms with Gasteiger partial charge in [0.1, 0.15) is 5.01 Å². The molecule has 0 unspecified atom stereocenters. The summed E-state index contributed by atoms with van der Waals surface area (Å²) in [4.78, 5) is 4.50. The van der Waals surface area contributed by atoms with Crippen molar-refractivity contribution in [2.24, 2.45) is 0 Å². The smallest absolute Gasteiger partial charge is 0.174 e. The molecule has 0 saturated heterocycles. The van der Waals surface area contributed by atoms with Crippen LogP contribution >= 0.6 is 34.4 Å². The van der Waals surface area contributed by atoms with Crippen LogP contribution in [0.1, 0.15) is 22.6 Å². The molecule has 0 radical (unpaired) electrons. The zero-order chi connectivity index (χ0) is 10.7. The largest absolute Gasteiger partial charge is 0.245 e. The number of thioether (sulfide) groups is 1. The number of hydrogen-bond donors (Lipinski definition) is 0. The molecule has 6 heteroatoms. The Morgan fingerprint density at radius 2 is 2.27 bits per heavy atom. The standard InChI is InChI=1S/C9H11N3S3/c1-3-8-10-7(4-13-8)5-14-9-12-11-6(2)15-9/h4H,3,5H2,1-2H3. The molecule has 0 aliphatic heterocycles. The molecule has 0 spiro atoms. The summed E-state index contributed by atoms with van der Waals surface area (Å²) in [7, 11) is 0. The monoisotopic (exact) mass is 257 g/mol. The van der Waals surface area contributed by atoms with Gasteiger partial charge in [0.15, 0.2) is 4.34 Å². The van der Waals surface area contributed by atoms with E-state index in [9.17, 15) is 0 Å². The number of rotatable bonds is 4. The molecule has 2 aromatic heterocycles. The maximum Gasteiger partial charge on any atom is 0.174 e. The van der Waals surface area contributed by atoms with Crippen molar-refractivity contribution in [3.63, 3.8) is 0 Å². The zero-order valence-electron chi connectivity index (χ0n) is 8.56. The van der Waals surface area contributed by atoms with Gasteiger partial charge in [0.25, 0.3) is 0 Å². The van der Waals surface area contributed by atoms with E-state index in [1.165, 1.54) is 5.01 Å². The molecule has 0 N–H and O–H groups in total. The lowest BCUT2D eigenvalue weighted by molar-refractivity contribution is 0.982. The molecule has 2 heterocycles. The van der Waals surface area contributed by atoms with Gasteiger partial charge < -0.3 is 0 Å². The van der Waals surface area contributed by atoms with Gasteiger partial charge in [-0.3, -0.25) is 0 Å². The molecule has 80 valence electrons. The molecule has 2 aromatic rings. The molecule has 3 nitrogen and oxygen atoms in total. The van der Waals surface area contributed by atoms with Crippen LogP contribution in [0.15, 0.2) is 9.72 Å². The van der Waals surface area contributed by atoms with Gasteiger partial charge >= 0.3 is 0 Å². The minimum atomic E-state index is 0.894. The van der Waals surface area contributed by atoms with Crippen LogP contribution in [0.2, 0.25) is 0 Å². The third-order valence-corrected chi connectivity index (χ3v) is 4.80. The van der Waals surface area contributed by atoms with E-state index in [2.05, 4.69) is 27.5 Å². The average Bonchev–Trinajstić information content (AvgIpc) is 2.83. The topological polar surface area (TPSA) is 38.7 Å². The van der Waals surface area contributed by atoms with Crippen molar-refractivity contribution in [1.82, 2.24) is 15.2 Å². The summed E-state index contributed by atoms with van der Waals surface area (Å²) in [5.41, 5.74) is 1.15. The summed E-state index contributed by atoms with van der Waals surface area (Å²) >= 11 is 5.08. The first-order valence-corrected chi connectivity index (χ1v) is 7.32. The molecule has 2 rings (SSSR count). The Balaban J connectivity index is 1.93. The Hall–Kier alpha value is -0.460. The van der Waals surface area contributed by atoms with Crippen LogP contribution in [0.5, 0.6) is 0 Å². The van der Waals surface area contributed by atoms with E-state index in [1.54, 1.807) is 34.4 Å². The van der Waals surface area contributed by atoms with Crippen molar-refractivity contribution in [1.29, 1.82) is 0 Å². The Morgan fingerprint density at radius 3 is 2.87 bits per heavy atom. The van der Waals surface area contributed by atoms with Crippen molar-refractivity contribution < 1.29 is 0 Å². The van der Waals surface area contributed by atoms with Crippen LogP contribution in [0.4, 0.5) is 0 Å². The van der Waals surface area contributed by atoms with E-state index in [-0.39, 0.29) is 0 Å². The molecule has 0 atom stereocenters. The first-order chi connectivity index (χ1) is 7.28. The van der Waals surface area contributed by atoms with Crippen LogP contribution in [0, 0.1) is 6.92 Å². The minimum Gasteiger partial charge on any atom is -0.245 e. The van der Waals surface area contributed by atoms with Crippen LogP contribution in [0.3, 0.4) is 0 Å². The molecule has 0 bridgehead atoms. The third-order valence-electron chi connectivity index (χ3n) is 1.75. The number of aryl methyl sites for hydroxylation is 2. The SMILES string of the molecule is CCc1nc(CSc2nnc(C)s2)cs1. The van der Waals surface area contributed by atoms with Gasteiger partial charge in [0.05, 0.1) is 10.7 Å². The molecular weight excluding hydrogens is 246 g/mol. The first kappa shape index (κ1) is 11.0. The highest BCUT2D eigenvalue weighted by atomic mass is 32.2. The minimum absolute atomic E-state index is 0.894. The Kier molecular flexibility index (Phi) is 3.71. The summed E-state index contributed by atoms with van der Waals surface area (Å²) in [6.07, 6.45) is 1.02. The second-order valence-electron chi connectivity index (χ2n) is 2.96. The normalized spacial score (nSPS) is 10.8. The van der Waals surface area contributed by atoms with Gasteiger partial charge in [-0.2, -0.15) is 0 Å². The van der Waals surface area contributed by atoms with Gasteiger partial charge in [-0.15, -0.1) is 21.5 Å². The molecular formula is C9H11N3S3. The van der Waals surface area contributed by atoms with Gasteiger partial charge in [0.2, 0.25) is 0 Å². The van der Waals surface area contributed by atoms with Crippen LogP contribution < -0.4 is 0 Å². The van der Waals surface area contributed by atoms with E-state index >= 15 is 0 Å². The van der Waals surface area contributed by atoms with E-state index in [4.69, 9.17) is 0 Å². The number of thiazole rings is 1. The number of aromatic nitrogens is 3. The van der Waals surface area contributed by atoms with Crippen LogP contribution in [0.25, 0.3) is 0 Å². The molecule has 15 heavy (non-hydrogen) atoms. The Labute approximate surface area is 101 Å². The molecule has 0 amide bonds. The molecule has 0 saturated carbocycles. The molecule has 0 aliphatic rings. The van der Waals surface area contributed by atoms with Crippen LogP contribution in [-0.4, -0.2) is 15.2 Å². The lowest BCUT2D eigenvalue weighted by Crippen LogP contribution is -1.82. The van der Waals surface area contributed by atoms with Crippen molar-refractivity contribution in [3.05, 3.63) is 21.1 Å². The highest BCUT2D eigenvalue weighted by Crippen LogP contribution is 2.26. The summed E-state index contributed by atoms with van der Waals surface area (Å²) < 4.78 is 1.03. The summed E-state index contributed by atoms with van der Waals surface area (Å²) in [5.74, 6) is 0.894. The first-order valence-electron chi connectivity index (χ1n) is 4.64. The van der Waals surface area contributed by atoms with Gasteiger partial charge in [0, 0.05) is 11.1 Å². The van der Waals surface area contributed by atoms with Gasteiger partial charge in [-0.25, -0.2) is 4.98 Å². The highest BCUT2D eigenvalue weighted by molar-refractivity contribution is 8.00. The number of nitrogens with zero attached hydrogens (tertiary/aromatic N) is 3. The number of hydrogen-bond acceptors (Lipinski definition) is 6. The Morgan fingerprint density at radius 1 is 1.40 bits per heavy atom. The van der Waals surface area contributed by atoms with Gasteiger partial charge in [-0.1, -0.05) is 30.0 Å². The summed E-state index contributed by atoms with van der Waals surface area (Å²) in [6.45, 7) is 4.10. The Bertz CT molecular complexity index is 435. The van der Waals surface area contributed by atoms with Crippen molar-refractivity contribution >= 4 is 34.4 Å². The van der Waals surface area contributed by atoms with E-state index < -0.39 is 0 Å². The second kappa shape index (κ2) is 5.05. The molecule has 0 aromatic carbocycles. The summed E-state index contributed by atoms with van der Waals surface area (Å²) in [6, 6.07) is 0. The highest BCUT2D eigenvalue weighted by Gasteiger charge is 2.04. The van der Waals surface area contributed by atoms with Crippen molar-refractivity contribution in [3.8, 4) is 0 Å². The van der Waals surface area contributed by atoms with Crippen molar-refractivity contribution in [2.45, 2.75) is 30.4 Å². The fraction of sp³-hybridized carbons (Fsp3) is 0.444. The third kappa shape index (κ3) is 2.99. The van der Waals surface area contributed by atoms with Crippen molar-refractivity contribution in [2.75, 3.05) is 0 Å². The lowest BCUT2D eigenvalue weighted by Gasteiger charge is -1.91. The second-order valence-corrected chi connectivity index (χ2v) is 6.31. The van der Waals surface area contributed by atoms with Gasteiger partial charge in [-0.05, 0) is 13.3 Å². The van der Waals surface area contributed by atoms with E-state index in [1.807, 2.05) is 6.92 Å². The maximum atomic E-state index is 4.50. The fourth-order valence-electron chi connectivity index (χ4n) is 1.05. The van der Waals surface area contributed by atoms with Crippen LogP contribution in [-0.2, 0) is 12.2 Å². The fourth-order valence-corrected chi connectivity index (χ4v) is 3.61. The lowest BCUT2D eigenvalue weighted by atomic mass is 10.5. The van der Waals surface area contributed by atoms with E-state index in [0.717, 1.165) is 27.2 Å². The quantitative estimate of drug-likeness (QED) is 0.789. The predicted octanol–water partition coefficient (Wildman–Crippen LogP) is 3.16. The zero-order valence-corrected chi connectivity index (χ0v) is 11.0. The predicted molar refractivity (Wildman–Crippen MR) is 65.7 cm³/mol. The average molecular weight is 257 g/mol. The molecule has 0 aliphatic carbocycles. The summed E-state index contributed by atoms with van der Waals surface area (Å²) in [5, 5.41) is 12.4. The maximum absolute atomic E-state index is 4.50. The molecule has 0 fully saturated rings. The van der Waals surface area contributed by atoms with E-state index in [0.29, 0.717) is 0 Å².